The molecule has 0 aromatic heterocycles. The van der Waals surface area contributed by atoms with Gasteiger partial charge < -0.3 is 4.74 Å². The van der Waals surface area contributed by atoms with Crippen molar-refractivity contribution in [1.29, 1.82) is 5.26 Å². The number of carbonyl (C=O) groups excluding carboxylic acids is 1. The molecule has 2 aromatic carbocycles. The Balaban J connectivity index is 1.88. The van der Waals surface area contributed by atoms with Crippen LogP contribution in [0.3, 0.4) is 0 Å². The minimum Gasteiger partial charge on any atom is -0.424 e. The van der Waals surface area contributed by atoms with Crippen LogP contribution in [-0.4, -0.2) is 5.97 Å². The van der Waals surface area contributed by atoms with Gasteiger partial charge in [-0.1, -0.05) is 68.5 Å². The molecule has 1 fully saturated rings. The maximum absolute atomic E-state index is 13.4. The molecule has 0 aliphatic heterocycles. The molecule has 0 radical (unpaired) electrons. The first-order valence-electron chi connectivity index (χ1n) is 10.4. The van der Waals surface area contributed by atoms with Crippen molar-refractivity contribution in [3.8, 4) is 11.8 Å². The molecule has 0 saturated heterocycles. The number of unbranched alkanes of at least 4 members (excludes halogenated alkanes) is 1. The Labute approximate surface area is 168 Å². The maximum Gasteiger partial charge on any atom is 0.321 e. The number of aryl methyl sites for hydroxylation is 2. The number of carbonyl (C=O) groups is 1. The quantitative estimate of drug-likeness (QED) is 0.458. The zero-order chi connectivity index (χ0) is 20.0. The molecule has 0 heterocycles. The lowest BCUT2D eigenvalue weighted by atomic mass is 9.69. The van der Waals surface area contributed by atoms with E-state index < -0.39 is 5.41 Å². The SMILES string of the molecule is CCCCc1ccc(OC(=O)C2(c3ccc(C)cc3)CCCCC2)c(C#N)c1. The predicted molar refractivity (Wildman–Crippen MR) is 111 cm³/mol. The molecule has 0 bridgehead atoms. The van der Waals surface area contributed by atoms with Crippen molar-refractivity contribution in [2.24, 2.45) is 0 Å². The number of ether oxygens (including phenoxy) is 1. The number of nitrogens with zero attached hydrogens (tertiary/aromatic N) is 1. The highest BCUT2D eigenvalue weighted by Gasteiger charge is 2.43. The van der Waals surface area contributed by atoms with Crippen LogP contribution in [0.5, 0.6) is 5.75 Å². The van der Waals surface area contributed by atoms with Gasteiger partial charge in [0.05, 0.1) is 11.0 Å². The fourth-order valence-corrected chi connectivity index (χ4v) is 4.13. The van der Waals surface area contributed by atoms with Gasteiger partial charge in [0.2, 0.25) is 0 Å². The predicted octanol–water partition coefficient (Wildman–Crippen LogP) is 6.02. The summed E-state index contributed by atoms with van der Waals surface area (Å²) in [5, 5.41) is 9.56. The second kappa shape index (κ2) is 9.06. The second-order valence-electron chi connectivity index (χ2n) is 7.94. The van der Waals surface area contributed by atoms with E-state index in [2.05, 4.69) is 44.2 Å². The molecule has 0 atom stereocenters. The Hall–Kier alpha value is -2.60. The van der Waals surface area contributed by atoms with E-state index in [-0.39, 0.29) is 5.97 Å². The van der Waals surface area contributed by atoms with Crippen LogP contribution >= 0.6 is 0 Å². The molecular weight excluding hydrogens is 346 g/mol. The number of rotatable bonds is 6. The van der Waals surface area contributed by atoms with Crippen molar-refractivity contribution < 1.29 is 9.53 Å². The smallest absolute Gasteiger partial charge is 0.321 e. The van der Waals surface area contributed by atoms with Crippen molar-refractivity contribution in [3.05, 3.63) is 64.7 Å². The first kappa shape index (κ1) is 20.1. The summed E-state index contributed by atoms with van der Waals surface area (Å²) in [7, 11) is 0. The first-order valence-corrected chi connectivity index (χ1v) is 10.4. The summed E-state index contributed by atoms with van der Waals surface area (Å²) >= 11 is 0. The summed E-state index contributed by atoms with van der Waals surface area (Å²) in [6, 6.07) is 16.0. The Morgan fingerprint density at radius 1 is 1.11 bits per heavy atom. The van der Waals surface area contributed by atoms with Crippen molar-refractivity contribution in [3.63, 3.8) is 0 Å². The Kier molecular flexibility index (Phi) is 6.52. The third-order valence-electron chi connectivity index (χ3n) is 5.89. The number of benzene rings is 2. The largest absolute Gasteiger partial charge is 0.424 e. The van der Waals surface area contributed by atoms with Crippen molar-refractivity contribution >= 4 is 5.97 Å². The molecule has 3 heteroatoms. The number of nitriles is 1. The van der Waals surface area contributed by atoms with Crippen LogP contribution in [0.4, 0.5) is 0 Å². The molecule has 3 nitrogen and oxygen atoms in total. The summed E-state index contributed by atoms with van der Waals surface area (Å²) in [4.78, 5) is 13.4. The normalized spacial score (nSPS) is 15.6. The Morgan fingerprint density at radius 2 is 1.82 bits per heavy atom. The molecule has 1 aliphatic carbocycles. The van der Waals surface area contributed by atoms with Gasteiger partial charge in [-0.2, -0.15) is 5.26 Å². The van der Waals surface area contributed by atoms with E-state index in [0.717, 1.165) is 62.5 Å². The van der Waals surface area contributed by atoms with Crippen molar-refractivity contribution in [2.45, 2.75) is 70.6 Å². The van der Waals surface area contributed by atoms with Gasteiger partial charge in [0.15, 0.2) is 0 Å². The van der Waals surface area contributed by atoms with Crippen molar-refractivity contribution in [2.75, 3.05) is 0 Å². The highest BCUT2D eigenvalue weighted by atomic mass is 16.5. The molecular formula is C25H29NO2. The minimum absolute atomic E-state index is 0.228. The molecule has 3 rings (SSSR count). The van der Waals surface area contributed by atoms with E-state index in [0.29, 0.717) is 11.3 Å². The maximum atomic E-state index is 13.4. The molecule has 1 aliphatic rings. The van der Waals surface area contributed by atoms with Gasteiger partial charge in [0, 0.05) is 0 Å². The molecule has 2 aromatic rings. The molecule has 0 amide bonds. The average Bonchev–Trinajstić information content (AvgIpc) is 2.73. The Bertz CT molecular complexity index is 855. The minimum atomic E-state index is -0.612. The van der Waals surface area contributed by atoms with E-state index in [9.17, 15) is 10.1 Å². The second-order valence-corrected chi connectivity index (χ2v) is 7.94. The van der Waals surface area contributed by atoms with Crippen LogP contribution in [0.2, 0.25) is 0 Å². The number of esters is 1. The van der Waals surface area contributed by atoms with E-state index >= 15 is 0 Å². The standard InChI is InChI=1S/C25H29NO2/c1-3-4-8-20-11-14-23(21(17-20)18-26)28-24(27)25(15-6-5-7-16-25)22-12-9-19(2)10-13-22/h9-14,17H,3-8,15-16H2,1-2H3. The van der Waals surface area contributed by atoms with Crippen LogP contribution < -0.4 is 4.74 Å². The highest BCUT2D eigenvalue weighted by Crippen LogP contribution is 2.41. The van der Waals surface area contributed by atoms with Crippen LogP contribution in [-0.2, 0) is 16.6 Å². The van der Waals surface area contributed by atoms with E-state index in [1.807, 2.05) is 12.1 Å². The van der Waals surface area contributed by atoms with E-state index in [1.54, 1.807) is 6.07 Å². The molecule has 0 N–H and O–H groups in total. The lowest BCUT2D eigenvalue weighted by molar-refractivity contribution is -0.142. The van der Waals surface area contributed by atoms with Gasteiger partial charge in [0.25, 0.3) is 0 Å². The van der Waals surface area contributed by atoms with Crippen LogP contribution in [0.1, 0.15) is 74.1 Å². The third kappa shape index (κ3) is 4.28. The van der Waals surface area contributed by atoms with Crippen molar-refractivity contribution in [1.82, 2.24) is 0 Å². The molecule has 146 valence electrons. The fourth-order valence-electron chi connectivity index (χ4n) is 4.13. The molecule has 28 heavy (non-hydrogen) atoms. The summed E-state index contributed by atoms with van der Waals surface area (Å²) in [6.45, 7) is 4.20. The molecule has 0 unspecified atom stereocenters. The Morgan fingerprint density at radius 3 is 2.46 bits per heavy atom. The first-order chi connectivity index (χ1) is 13.6. The van der Waals surface area contributed by atoms with Gasteiger partial charge in [0.1, 0.15) is 11.8 Å². The van der Waals surface area contributed by atoms with Gasteiger partial charge in [-0.3, -0.25) is 4.79 Å². The van der Waals surface area contributed by atoms with E-state index in [1.165, 1.54) is 5.56 Å². The zero-order valence-corrected chi connectivity index (χ0v) is 17.0. The third-order valence-corrected chi connectivity index (χ3v) is 5.89. The summed E-state index contributed by atoms with van der Waals surface area (Å²) < 4.78 is 5.86. The monoisotopic (exact) mass is 375 g/mol. The highest BCUT2D eigenvalue weighted by molar-refractivity contribution is 5.85. The molecule has 0 spiro atoms. The van der Waals surface area contributed by atoms with Gasteiger partial charge >= 0.3 is 5.97 Å². The zero-order valence-electron chi connectivity index (χ0n) is 17.0. The van der Waals surface area contributed by atoms with E-state index in [4.69, 9.17) is 4.74 Å². The number of hydrogen-bond acceptors (Lipinski definition) is 3. The van der Waals surface area contributed by atoms with Gasteiger partial charge in [-0.05, 0) is 55.9 Å². The average molecular weight is 376 g/mol. The topological polar surface area (TPSA) is 50.1 Å². The summed E-state index contributed by atoms with van der Waals surface area (Å²) in [6.07, 6.45) is 7.91. The van der Waals surface area contributed by atoms with Crippen LogP contribution in [0.25, 0.3) is 0 Å². The van der Waals surface area contributed by atoms with Gasteiger partial charge in [-0.15, -0.1) is 0 Å². The van der Waals surface area contributed by atoms with Crippen LogP contribution in [0, 0.1) is 18.3 Å². The summed E-state index contributed by atoms with van der Waals surface area (Å²) in [5.74, 6) is 0.152. The summed E-state index contributed by atoms with van der Waals surface area (Å²) in [5.41, 5.74) is 3.15. The fraction of sp³-hybridized carbons (Fsp3) is 0.440. The van der Waals surface area contributed by atoms with Crippen LogP contribution in [0.15, 0.2) is 42.5 Å². The molecule has 1 saturated carbocycles. The lowest BCUT2D eigenvalue weighted by Crippen LogP contribution is -2.41. The lowest BCUT2D eigenvalue weighted by Gasteiger charge is -2.35. The van der Waals surface area contributed by atoms with Gasteiger partial charge in [-0.25, -0.2) is 0 Å². The number of hydrogen-bond donors (Lipinski definition) is 0.